The molecule has 9 heteroatoms. The molecule has 5 nitrogen and oxygen atoms in total. The average Bonchev–Trinajstić information content (AvgIpc) is 3.15. The molecule has 0 aliphatic carbocycles. The van der Waals surface area contributed by atoms with Crippen molar-refractivity contribution in [1.29, 1.82) is 0 Å². The fourth-order valence-electron chi connectivity index (χ4n) is 3.20. The Morgan fingerprint density at radius 3 is 2.65 bits per heavy atom. The highest BCUT2D eigenvalue weighted by molar-refractivity contribution is 14.1. The van der Waals surface area contributed by atoms with E-state index in [0.29, 0.717) is 40.3 Å². The molecule has 0 aromatic heterocycles. The number of ether oxygens (including phenoxy) is 3. The number of carbonyl (C=O) groups excluding carboxylic acids is 1. The molecular weight excluding hydrogens is 703 g/mol. The van der Waals surface area contributed by atoms with Crippen LogP contribution in [0.5, 0.6) is 11.5 Å². The predicted octanol–water partition coefficient (Wildman–Crippen LogP) is 7.52. The summed E-state index contributed by atoms with van der Waals surface area (Å²) in [6.07, 6.45) is 1.66. The van der Waals surface area contributed by atoms with Gasteiger partial charge in [-0.2, -0.15) is 0 Å². The summed E-state index contributed by atoms with van der Waals surface area (Å²) in [5.74, 6) is 0.827. The van der Waals surface area contributed by atoms with E-state index in [9.17, 15) is 4.79 Å². The Kier molecular flexibility index (Phi) is 8.39. The molecule has 3 aromatic carbocycles. The Labute approximate surface area is 234 Å². The molecule has 1 aliphatic rings. The summed E-state index contributed by atoms with van der Waals surface area (Å²) < 4.78 is 19.1. The highest BCUT2D eigenvalue weighted by Crippen LogP contribution is 2.36. The van der Waals surface area contributed by atoms with Crippen molar-refractivity contribution in [2.24, 2.45) is 4.99 Å². The van der Waals surface area contributed by atoms with Crippen LogP contribution in [0.15, 0.2) is 65.3 Å². The highest BCUT2D eigenvalue weighted by atomic mass is 127. The number of carbonyl (C=O) groups is 1. The molecule has 1 heterocycles. The van der Waals surface area contributed by atoms with Gasteiger partial charge in [-0.05, 0) is 112 Å². The first kappa shape index (κ1) is 25.3. The van der Waals surface area contributed by atoms with E-state index in [1.807, 2.05) is 55.5 Å². The third-order valence-corrected chi connectivity index (χ3v) is 6.72. The number of aliphatic imine (C=N–C) groups is 1. The summed E-state index contributed by atoms with van der Waals surface area (Å²) in [6, 6.07) is 16.6. The van der Waals surface area contributed by atoms with Crippen molar-refractivity contribution >= 4 is 86.3 Å². The van der Waals surface area contributed by atoms with Gasteiger partial charge in [-0.25, -0.2) is 9.79 Å². The Bertz CT molecular complexity index is 1320. The van der Waals surface area contributed by atoms with Gasteiger partial charge in [0.2, 0.25) is 5.90 Å². The second kappa shape index (κ2) is 11.3. The summed E-state index contributed by atoms with van der Waals surface area (Å²) in [4.78, 5) is 16.9. The molecule has 0 saturated carbocycles. The van der Waals surface area contributed by atoms with Gasteiger partial charge in [-0.3, -0.25) is 0 Å². The summed E-state index contributed by atoms with van der Waals surface area (Å²) in [5, 5.41) is 1.11. The van der Waals surface area contributed by atoms with Crippen molar-refractivity contribution < 1.29 is 19.0 Å². The molecule has 1 aliphatic heterocycles. The molecule has 0 atom stereocenters. The number of hydrogen-bond acceptors (Lipinski definition) is 5. The summed E-state index contributed by atoms with van der Waals surface area (Å²) in [5.41, 5.74) is 2.42. The Balaban J connectivity index is 1.63. The number of esters is 1. The molecular formula is C25H17Cl2I2NO4. The van der Waals surface area contributed by atoms with Crippen LogP contribution in [0.4, 0.5) is 0 Å². The second-order valence-corrected chi connectivity index (χ2v) is 10.4. The van der Waals surface area contributed by atoms with Crippen molar-refractivity contribution in [3.8, 4) is 11.5 Å². The fourth-order valence-corrected chi connectivity index (χ4v) is 4.88. The number of rotatable bonds is 7. The predicted molar refractivity (Wildman–Crippen MR) is 151 cm³/mol. The molecule has 3 aromatic rings. The Morgan fingerprint density at radius 2 is 1.88 bits per heavy atom. The summed E-state index contributed by atoms with van der Waals surface area (Å²) in [7, 11) is 0. The van der Waals surface area contributed by atoms with Crippen LogP contribution in [0, 0.1) is 7.14 Å². The van der Waals surface area contributed by atoms with Crippen LogP contribution in [0.25, 0.3) is 6.08 Å². The maximum absolute atomic E-state index is 12.5. The first-order chi connectivity index (χ1) is 16.3. The highest BCUT2D eigenvalue weighted by Gasteiger charge is 2.26. The molecule has 174 valence electrons. The zero-order valence-corrected chi connectivity index (χ0v) is 23.6. The van der Waals surface area contributed by atoms with E-state index in [2.05, 4.69) is 50.2 Å². The molecule has 4 rings (SSSR count). The van der Waals surface area contributed by atoms with E-state index in [0.717, 1.165) is 18.3 Å². The monoisotopic (exact) mass is 719 g/mol. The molecule has 0 saturated heterocycles. The maximum atomic E-state index is 12.5. The van der Waals surface area contributed by atoms with E-state index < -0.39 is 5.97 Å². The van der Waals surface area contributed by atoms with Gasteiger partial charge in [0, 0.05) is 8.59 Å². The summed E-state index contributed by atoms with van der Waals surface area (Å²) >= 11 is 16.7. The van der Waals surface area contributed by atoms with Gasteiger partial charge in [-0.15, -0.1) is 0 Å². The van der Waals surface area contributed by atoms with Crippen LogP contribution in [-0.2, 0) is 16.1 Å². The smallest absolute Gasteiger partial charge is 0.363 e. The molecule has 0 amide bonds. The zero-order chi connectivity index (χ0) is 24.2. The molecule has 0 spiro atoms. The molecule has 0 unspecified atom stereocenters. The number of nitrogens with zero attached hydrogens (tertiary/aromatic N) is 1. The van der Waals surface area contributed by atoms with E-state index in [1.54, 1.807) is 12.1 Å². The van der Waals surface area contributed by atoms with Gasteiger partial charge in [0.1, 0.15) is 6.61 Å². The maximum Gasteiger partial charge on any atom is 0.363 e. The topological polar surface area (TPSA) is 57.1 Å². The van der Waals surface area contributed by atoms with Gasteiger partial charge in [-0.1, -0.05) is 35.3 Å². The van der Waals surface area contributed by atoms with E-state index >= 15 is 0 Å². The minimum Gasteiger partial charge on any atom is -0.490 e. The average molecular weight is 720 g/mol. The molecule has 34 heavy (non-hydrogen) atoms. The lowest BCUT2D eigenvalue weighted by Gasteiger charge is -2.15. The van der Waals surface area contributed by atoms with E-state index in [1.165, 1.54) is 0 Å². The third-order valence-electron chi connectivity index (χ3n) is 4.69. The lowest BCUT2D eigenvalue weighted by atomic mass is 10.1. The second-order valence-electron chi connectivity index (χ2n) is 7.14. The van der Waals surface area contributed by atoms with Crippen molar-refractivity contribution in [3.05, 3.63) is 94.2 Å². The first-order valence-electron chi connectivity index (χ1n) is 10.2. The first-order valence-corrected chi connectivity index (χ1v) is 13.1. The quantitative estimate of drug-likeness (QED) is 0.144. The van der Waals surface area contributed by atoms with E-state index in [-0.39, 0.29) is 11.6 Å². The van der Waals surface area contributed by atoms with Gasteiger partial charge >= 0.3 is 5.97 Å². The minimum atomic E-state index is -0.542. The minimum absolute atomic E-state index is 0.177. The number of hydrogen-bond donors (Lipinski definition) is 0. The van der Waals surface area contributed by atoms with Gasteiger partial charge < -0.3 is 14.2 Å². The molecule has 0 bridgehead atoms. The number of benzene rings is 3. The molecule has 0 N–H and O–H groups in total. The van der Waals surface area contributed by atoms with Crippen molar-refractivity contribution in [3.63, 3.8) is 0 Å². The largest absolute Gasteiger partial charge is 0.490 e. The lowest BCUT2D eigenvalue weighted by molar-refractivity contribution is -0.129. The van der Waals surface area contributed by atoms with Crippen LogP contribution >= 0.6 is 68.4 Å². The van der Waals surface area contributed by atoms with Gasteiger partial charge in [0.15, 0.2) is 17.2 Å². The van der Waals surface area contributed by atoms with E-state index in [4.69, 9.17) is 37.4 Å². The van der Waals surface area contributed by atoms with Crippen molar-refractivity contribution in [2.45, 2.75) is 13.5 Å². The van der Waals surface area contributed by atoms with Crippen LogP contribution < -0.4 is 9.47 Å². The normalized spacial score (nSPS) is 14.2. The van der Waals surface area contributed by atoms with Crippen LogP contribution in [-0.4, -0.2) is 18.5 Å². The summed E-state index contributed by atoms with van der Waals surface area (Å²) in [6.45, 7) is 2.70. The standard InChI is InChI=1S/C25H17Cl2I2NO4/c1-2-32-22-11-15(9-20(29)23(22)33-13-14-4-3-5-16(26)8-14)10-21-25(31)34-24(30-21)18-12-17(28)6-7-19(18)27/h3-12H,2,13H2,1H3/b21-10+. The molecule has 0 radical (unpaired) electrons. The molecule has 0 fully saturated rings. The third kappa shape index (κ3) is 6.05. The van der Waals surface area contributed by atoms with Crippen LogP contribution in [0.3, 0.4) is 0 Å². The van der Waals surface area contributed by atoms with Crippen LogP contribution in [0.2, 0.25) is 10.0 Å². The van der Waals surface area contributed by atoms with Crippen molar-refractivity contribution in [2.75, 3.05) is 6.61 Å². The van der Waals surface area contributed by atoms with Gasteiger partial charge in [0.05, 0.1) is 20.8 Å². The van der Waals surface area contributed by atoms with Gasteiger partial charge in [0.25, 0.3) is 0 Å². The number of cyclic esters (lactones) is 1. The Morgan fingerprint density at radius 1 is 1.06 bits per heavy atom. The Hall–Kier alpha value is -1.82. The zero-order valence-electron chi connectivity index (χ0n) is 17.8. The fraction of sp³-hybridized carbons (Fsp3) is 0.120. The number of halogens is 4. The van der Waals surface area contributed by atoms with Crippen molar-refractivity contribution in [1.82, 2.24) is 0 Å². The lowest BCUT2D eigenvalue weighted by Crippen LogP contribution is -2.06. The SMILES string of the molecule is CCOc1cc(/C=C2/N=C(c3cc(I)ccc3Cl)OC2=O)cc(I)c1OCc1cccc(Cl)c1. The van der Waals surface area contributed by atoms with Crippen LogP contribution in [0.1, 0.15) is 23.6 Å².